The van der Waals surface area contributed by atoms with Crippen LogP contribution < -0.4 is 5.73 Å². The van der Waals surface area contributed by atoms with Gasteiger partial charge in [0.05, 0.1) is 6.04 Å². The Labute approximate surface area is 110 Å². The molecule has 1 heterocycles. The molecule has 18 heavy (non-hydrogen) atoms. The number of nitrogens with zero attached hydrogens (tertiary/aromatic N) is 3. The zero-order valence-electron chi connectivity index (χ0n) is 11.9. The smallest absolute Gasteiger partial charge is 0.150 e. The van der Waals surface area contributed by atoms with Gasteiger partial charge in [-0.3, -0.25) is 0 Å². The Morgan fingerprint density at radius 1 is 1.22 bits per heavy atom. The lowest BCUT2D eigenvalue weighted by Crippen LogP contribution is -2.22. The molecule has 1 aliphatic carbocycles. The molecular formula is C14H26N4. The maximum absolute atomic E-state index is 6.35. The molecule has 0 amide bonds. The van der Waals surface area contributed by atoms with Gasteiger partial charge in [-0.15, -0.1) is 10.2 Å². The molecule has 102 valence electrons. The predicted octanol–water partition coefficient (Wildman–Crippen LogP) is 3.14. The van der Waals surface area contributed by atoms with Crippen LogP contribution in [0.3, 0.4) is 0 Å². The first-order valence-corrected chi connectivity index (χ1v) is 7.26. The van der Waals surface area contributed by atoms with Crippen LogP contribution in [0.2, 0.25) is 0 Å². The standard InChI is InChI=1S/C14H26N4/c1-10(2)18-11(3)16-17-14(18)13(15)9-12-7-5-4-6-8-12/h10,12-13H,4-9,15H2,1-3H3. The van der Waals surface area contributed by atoms with Crippen molar-refractivity contribution in [2.45, 2.75) is 71.4 Å². The summed E-state index contributed by atoms with van der Waals surface area (Å²) in [4.78, 5) is 0. The lowest BCUT2D eigenvalue weighted by atomic mass is 9.85. The molecule has 1 aromatic rings. The van der Waals surface area contributed by atoms with Gasteiger partial charge in [0, 0.05) is 6.04 Å². The summed E-state index contributed by atoms with van der Waals surface area (Å²) in [6, 6.07) is 0.420. The minimum atomic E-state index is 0.0386. The number of hydrogen-bond acceptors (Lipinski definition) is 3. The van der Waals surface area contributed by atoms with E-state index in [4.69, 9.17) is 5.73 Å². The topological polar surface area (TPSA) is 56.7 Å². The third-order valence-electron chi connectivity index (χ3n) is 4.05. The Balaban J connectivity index is 2.06. The zero-order chi connectivity index (χ0) is 13.1. The summed E-state index contributed by atoms with van der Waals surface area (Å²) in [5.74, 6) is 2.72. The fraction of sp³-hybridized carbons (Fsp3) is 0.857. The van der Waals surface area contributed by atoms with E-state index in [0.717, 1.165) is 24.0 Å². The molecule has 1 aliphatic rings. The van der Waals surface area contributed by atoms with Gasteiger partial charge in [0.1, 0.15) is 11.6 Å². The highest BCUT2D eigenvalue weighted by molar-refractivity contribution is 5.01. The van der Waals surface area contributed by atoms with Gasteiger partial charge in [0.2, 0.25) is 0 Å². The Kier molecular flexibility index (Phi) is 4.38. The van der Waals surface area contributed by atoms with Gasteiger partial charge in [0.25, 0.3) is 0 Å². The number of aryl methyl sites for hydroxylation is 1. The fourth-order valence-corrected chi connectivity index (χ4v) is 3.16. The first kappa shape index (κ1) is 13.5. The number of hydrogen-bond donors (Lipinski definition) is 1. The summed E-state index contributed by atoms with van der Waals surface area (Å²) < 4.78 is 2.17. The molecular weight excluding hydrogens is 224 g/mol. The van der Waals surface area contributed by atoms with Crippen molar-refractivity contribution in [3.8, 4) is 0 Å². The second kappa shape index (κ2) is 5.83. The van der Waals surface area contributed by atoms with E-state index in [-0.39, 0.29) is 6.04 Å². The van der Waals surface area contributed by atoms with Crippen LogP contribution in [-0.4, -0.2) is 14.8 Å². The SMILES string of the molecule is Cc1nnc(C(N)CC2CCCCC2)n1C(C)C. The fourth-order valence-electron chi connectivity index (χ4n) is 3.16. The normalized spacial score (nSPS) is 19.4. The van der Waals surface area contributed by atoms with Crippen molar-refractivity contribution in [3.63, 3.8) is 0 Å². The van der Waals surface area contributed by atoms with Gasteiger partial charge >= 0.3 is 0 Å². The Bertz CT molecular complexity index is 377. The molecule has 0 bridgehead atoms. The minimum absolute atomic E-state index is 0.0386. The van der Waals surface area contributed by atoms with E-state index in [1.165, 1.54) is 32.1 Å². The van der Waals surface area contributed by atoms with Crippen LogP contribution in [0, 0.1) is 12.8 Å². The van der Waals surface area contributed by atoms with Gasteiger partial charge in [-0.1, -0.05) is 32.1 Å². The molecule has 1 aromatic heterocycles. The second-order valence-corrected chi connectivity index (χ2v) is 5.92. The third kappa shape index (κ3) is 2.91. The summed E-state index contributed by atoms with van der Waals surface area (Å²) in [6.07, 6.45) is 7.86. The summed E-state index contributed by atoms with van der Waals surface area (Å²) in [5.41, 5.74) is 6.35. The van der Waals surface area contributed by atoms with Crippen molar-refractivity contribution in [2.24, 2.45) is 11.7 Å². The van der Waals surface area contributed by atoms with Crippen LogP contribution >= 0.6 is 0 Å². The van der Waals surface area contributed by atoms with E-state index >= 15 is 0 Å². The summed E-state index contributed by atoms with van der Waals surface area (Å²) in [6.45, 7) is 6.32. The molecule has 2 rings (SSSR count). The summed E-state index contributed by atoms with van der Waals surface area (Å²) >= 11 is 0. The average molecular weight is 250 g/mol. The maximum atomic E-state index is 6.35. The van der Waals surface area contributed by atoms with Crippen LogP contribution in [0.25, 0.3) is 0 Å². The van der Waals surface area contributed by atoms with Gasteiger partial charge in [-0.25, -0.2) is 0 Å². The highest BCUT2D eigenvalue weighted by Gasteiger charge is 2.22. The van der Waals surface area contributed by atoms with Crippen LogP contribution in [0.1, 0.15) is 76.1 Å². The first-order chi connectivity index (χ1) is 8.59. The molecule has 0 radical (unpaired) electrons. The number of rotatable bonds is 4. The molecule has 1 atom stereocenters. The largest absolute Gasteiger partial charge is 0.321 e. The zero-order valence-corrected chi connectivity index (χ0v) is 11.9. The molecule has 0 spiro atoms. The van der Waals surface area contributed by atoms with Crippen LogP contribution in [0.15, 0.2) is 0 Å². The van der Waals surface area contributed by atoms with E-state index in [1.54, 1.807) is 0 Å². The maximum Gasteiger partial charge on any atom is 0.150 e. The Hall–Kier alpha value is -0.900. The molecule has 4 heteroatoms. The summed E-state index contributed by atoms with van der Waals surface area (Å²) in [5, 5.41) is 8.48. The van der Waals surface area contributed by atoms with Gasteiger partial charge in [-0.2, -0.15) is 0 Å². The van der Waals surface area contributed by atoms with Gasteiger partial charge < -0.3 is 10.3 Å². The van der Waals surface area contributed by atoms with Gasteiger partial charge in [0.15, 0.2) is 0 Å². The van der Waals surface area contributed by atoms with Gasteiger partial charge in [-0.05, 0) is 33.1 Å². The van der Waals surface area contributed by atoms with Crippen molar-refractivity contribution < 1.29 is 0 Å². The highest BCUT2D eigenvalue weighted by atomic mass is 15.3. The summed E-state index contributed by atoms with van der Waals surface area (Å²) in [7, 11) is 0. The Morgan fingerprint density at radius 3 is 2.50 bits per heavy atom. The van der Waals surface area contributed by atoms with E-state index in [1.807, 2.05) is 6.92 Å². The van der Waals surface area contributed by atoms with Crippen LogP contribution in [0.5, 0.6) is 0 Å². The third-order valence-corrected chi connectivity index (χ3v) is 4.05. The molecule has 1 unspecified atom stereocenters. The molecule has 0 aliphatic heterocycles. The molecule has 4 nitrogen and oxygen atoms in total. The second-order valence-electron chi connectivity index (χ2n) is 5.92. The lowest BCUT2D eigenvalue weighted by Gasteiger charge is -2.25. The quantitative estimate of drug-likeness (QED) is 0.893. The molecule has 2 N–H and O–H groups in total. The number of nitrogens with two attached hydrogens (primary N) is 1. The number of aromatic nitrogens is 3. The minimum Gasteiger partial charge on any atom is -0.321 e. The van der Waals surface area contributed by atoms with E-state index in [2.05, 4.69) is 28.6 Å². The molecule has 0 aromatic carbocycles. The predicted molar refractivity (Wildman–Crippen MR) is 73.3 cm³/mol. The van der Waals surface area contributed by atoms with Crippen LogP contribution in [0.4, 0.5) is 0 Å². The molecule has 1 fully saturated rings. The lowest BCUT2D eigenvalue weighted by molar-refractivity contribution is 0.311. The van der Waals surface area contributed by atoms with E-state index in [0.29, 0.717) is 6.04 Å². The van der Waals surface area contributed by atoms with Crippen molar-refractivity contribution in [1.82, 2.24) is 14.8 Å². The Morgan fingerprint density at radius 2 is 1.89 bits per heavy atom. The molecule has 1 saturated carbocycles. The molecule has 0 saturated heterocycles. The first-order valence-electron chi connectivity index (χ1n) is 7.26. The van der Waals surface area contributed by atoms with Crippen molar-refractivity contribution >= 4 is 0 Å². The van der Waals surface area contributed by atoms with Crippen molar-refractivity contribution in [2.75, 3.05) is 0 Å². The monoisotopic (exact) mass is 250 g/mol. The van der Waals surface area contributed by atoms with Crippen molar-refractivity contribution in [3.05, 3.63) is 11.6 Å². The van der Waals surface area contributed by atoms with Crippen molar-refractivity contribution in [1.29, 1.82) is 0 Å². The van der Waals surface area contributed by atoms with Crippen LogP contribution in [-0.2, 0) is 0 Å². The van der Waals surface area contributed by atoms with E-state index < -0.39 is 0 Å². The highest BCUT2D eigenvalue weighted by Crippen LogP contribution is 2.31. The average Bonchev–Trinajstić information content (AvgIpc) is 2.72. The van der Waals surface area contributed by atoms with E-state index in [9.17, 15) is 0 Å².